The summed E-state index contributed by atoms with van der Waals surface area (Å²) in [6, 6.07) is 2.07. The SMILES string of the molecule is CCCNc1cc(N2CCCC(COC)C2)nc(C)n1. The van der Waals surface area contributed by atoms with Gasteiger partial charge in [0.2, 0.25) is 0 Å². The van der Waals surface area contributed by atoms with Crippen LogP contribution in [0, 0.1) is 12.8 Å². The lowest BCUT2D eigenvalue weighted by Crippen LogP contribution is -2.37. The molecule has 0 radical (unpaired) electrons. The van der Waals surface area contributed by atoms with Crippen molar-refractivity contribution in [3.63, 3.8) is 0 Å². The number of piperidine rings is 1. The van der Waals surface area contributed by atoms with E-state index in [1.54, 1.807) is 7.11 Å². The summed E-state index contributed by atoms with van der Waals surface area (Å²) in [7, 11) is 1.78. The summed E-state index contributed by atoms with van der Waals surface area (Å²) >= 11 is 0. The number of methoxy groups -OCH3 is 1. The highest BCUT2D eigenvalue weighted by molar-refractivity contribution is 5.49. The van der Waals surface area contributed by atoms with Crippen molar-refractivity contribution in [3.05, 3.63) is 11.9 Å². The first-order valence-electron chi connectivity index (χ1n) is 7.56. The zero-order valence-corrected chi connectivity index (χ0v) is 12.9. The largest absolute Gasteiger partial charge is 0.384 e. The normalized spacial score (nSPS) is 19.1. The van der Waals surface area contributed by atoms with Crippen LogP contribution in [0.3, 0.4) is 0 Å². The van der Waals surface area contributed by atoms with Gasteiger partial charge >= 0.3 is 0 Å². The lowest BCUT2D eigenvalue weighted by atomic mass is 9.99. The predicted molar refractivity (Wildman–Crippen MR) is 82.4 cm³/mol. The maximum Gasteiger partial charge on any atom is 0.134 e. The van der Waals surface area contributed by atoms with Crippen molar-refractivity contribution in [2.75, 3.05) is 43.6 Å². The number of nitrogens with zero attached hydrogens (tertiary/aromatic N) is 3. The number of rotatable bonds is 6. The number of hydrogen-bond donors (Lipinski definition) is 1. The zero-order valence-electron chi connectivity index (χ0n) is 12.9. The first kappa shape index (κ1) is 15.0. The van der Waals surface area contributed by atoms with E-state index in [2.05, 4.69) is 33.2 Å². The van der Waals surface area contributed by atoms with Gasteiger partial charge in [-0.3, -0.25) is 0 Å². The Labute approximate surface area is 121 Å². The molecular weight excluding hydrogens is 252 g/mol. The molecule has 2 heterocycles. The van der Waals surface area contributed by atoms with Crippen LogP contribution in [0.4, 0.5) is 11.6 Å². The minimum atomic E-state index is 0.607. The summed E-state index contributed by atoms with van der Waals surface area (Å²) in [5.41, 5.74) is 0. The Morgan fingerprint density at radius 1 is 1.45 bits per heavy atom. The van der Waals surface area contributed by atoms with E-state index in [1.807, 2.05) is 6.92 Å². The second kappa shape index (κ2) is 7.43. The summed E-state index contributed by atoms with van der Waals surface area (Å²) in [4.78, 5) is 11.4. The summed E-state index contributed by atoms with van der Waals surface area (Å²) in [6.07, 6.45) is 3.54. The Bertz CT molecular complexity index is 422. The Hall–Kier alpha value is -1.36. The molecule has 0 saturated carbocycles. The van der Waals surface area contributed by atoms with Crippen molar-refractivity contribution in [1.82, 2.24) is 9.97 Å². The molecule has 1 aliphatic heterocycles. The van der Waals surface area contributed by atoms with Gasteiger partial charge in [0.25, 0.3) is 0 Å². The summed E-state index contributed by atoms with van der Waals surface area (Å²) in [6.45, 7) is 7.99. The molecule has 0 aromatic carbocycles. The summed E-state index contributed by atoms with van der Waals surface area (Å²) in [5, 5.41) is 3.35. The molecule has 1 aromatic rings. The summed E-state index contributed by atoms with van der Waals surface area (Å²) < 4.78 is 5.29. The molecule has 20 heavy (non-hydrogen) atoms. The molecular formula is C15H26N4O. The van der Waals surface area contributed by atoms with Crippen LogP contribution >= 0.6 is 0 Å². The second-order valence-corrected chi connectivity index (χ2v) is 5.49. The molecule has 1 fully saturated rings. The van der Waals surface area contributed by atoms with Gasteiger partial charge in [0.1, 0.15) is 17.5 Å². The molecule has 0 aliphatic carbocycles. The fourth-order valence-corrected chi connectivity index (χ4v) is 2.70. The molecule has 1 aliphatic rings. The molecule has 2 rings (SSSR count). The van der Waals surface area contributed by atoms with Gasteiger partial charge in [0.05, 0.1) is 6.61 Å². The first-order chi connectivity index (χ1) is 9.72. The Balaban J connectivity index is 2.08. The molecule has 0 amide bonds. The van der Waals surface area contributed by atoms with Crippen LogP contribution in [0.1, 0.15) is 32.0 Å². The minimum Gasteiger partial charge on any atom is -0.384 e. The minimum absolute atomic E-state index is 0.607. The van der Waals surface area contributed by atoms with Gasteiger partial charge in [-0.15, -0.1) is 0 Å². The van der Waals surface area contributed by atoms with Crippen molar-refractivity contribution in [1.29, 1.82) is 0 Å². The highest BCUT2D eigenvalue weighted by Crippen LogP contribution is 2.23. The number of aryl methyl sites for hydroxylation is 1. The van der Waals surface area contributed by atoms with E-state index >= 15 is 0 Å². The second-order valence-electron chi connectivity index (χ2n) is 5.49. The molecule has 5 nitrogen and oxygen atoms in total. The van der Waals surface area contributed by atoms with Crippen molar-refractivity contribution in [2.24, 2.45) is 5.92 Å². The highest BCUT2D eigenvalue weighted by Gasteiger charge is 2.21. The lowest BCUT2D eigenvalue weighted by Gasteiger charge is -2.33. The molecule has 1 saturated heterocycles. The average molecular weight is 278 g/mol. The molecule has 1 aromatic heterocycles. The lowest BCUT2D eigenvalue weighted by molar-refractivity contribution is 0.143. The molecule has 0 spiro atoms. The molecule has 0 bridgehead atoms. The maximum atomic E-state index is 5.29. The van der Waals surface area contributed by atoms with E-state index in [4.69, 9.17) is 4.74 Å². The number of ether oxygens (including phenoxy) is 1. The van der Waals surface area contributed by atoms with E-state index in [9.17, 15) is 0 Å². The van der Waals surface area contributed by atoms with Gasteiger partial charge in [0.15, 0.2) is 0 Å². The number of anilines is 2. The molecule has 1 atom stereocenters. The van der Waals surface area contributed by atoms with Crippen LogP contribution in [0.25, 0.3) is 0 Å². The Morgan fingerprint density at radius 2 is 2.30 bits per heavy atom. The van der Waals surface area contributed by atoms with Crippen LogP contribution in [-0.2, 0) is 4.74 Å². The van der Waals surface area contributed by atoms with Crippen LogP contribution in [-0.4, -0.2) is 43.3 Å². The Morgan fingerprint density at radius 3 is 3.05 bits per heavy atom. The molecule has 1 unspecified atom stereocenters. The fraction of sp³-hybridized carbons (Fsp3) is 0.733. The third-order valence-corrected chi connectivity index (χ3v) is 3.63. The molecule has 5 heteroatoms. The molecule has 112 valence electrons. The monoisotopic (exact) mass is 278 g/mol. The van der Waals surface area contributed by atoms with Crippen LogP contribution in [0.2, 0.25) is 0 Å². The van der Waals surface area contributed by atoms with Gasteiger partial charge in [-0.25, -0.2) is 9.97 Å². The number of hydrogen-bond acceptors (Lipinski definition) is 5. The van der Waals surface area contributed by atoms with Gasteiger partial charge in [0, 0.05) is 32.8 Å². The van der Waals surface area contributed by atoms with E-state index in [0.717, 1.165) is 50.1 Å². The van der Waals surface area contributed by atoms with E-state index in [-0.39, 0.29) is 0 Å². The van der Waals surface area contributed by atoms with Gasteiger partial charge in [-0.2, -0.15) is 0 Å². The van der Waals surface area contributed by atoms with E-state index in [1.165, 1.54) is 12.8 Å². The zero-order chi connectivity index (χ0) is 14.4. The fourth-order valence-electron chi connectivity index (χ4n) is 2.70. The quantitative estimate of drug-likeness (QED) is 0.866. The van der Waals surface area contributed by atoms with Gasteiger partial charge in [-0.05, 0) is 32.1 Å². The third kappa shape index (κ3) is 4.07. The topological polar surface area (TPSA) is 50.3 Å². The first-order valence-corrected chi connectivity index (χ1v) is 7.56. The van der Waals surface area contributed by atoms with Gasteiger partial charge < -0.3 is 15.0 Å². The Kier molecular flexibility index (Phi) is 5.59. The van der Waals surface area contributed by atoms with Crippen molar-refractivity contribution in [2.45, 2.75) is 33.1 Å². The van der Waals surface area contributed by atoms with E-state index < -0.39 is 0 Å². The smallest absolute Gasteiger partial charge is 0.134 e. The van der Waals surface area contributed by atoms with Crippen molar-refractivity contribution >= 4 is 11.6 Å². The predicted octanol–water partition coefficient (Wildman–Crippen LogP) is 2.47. The van der Waals surface area contributed by atoms with Crippen LogP contribution in [0.15, 0.2) is 6.07 Å². The average Bonchev–Trinajstić information content (AvgIpc) is 2.45. The van der Waals surface area contributed by atoms with E-state index in [0.29, 0.717) is 5.92 Å². The van der Waals surface area contributed by atoms with Crippen LogP contribution in [0.5, 0.6) is 0 Å². The summed E-state index contributed by atoms with van der Waals surface area (Å²) in [5.74, 6) is 3.41. The standard InChI is InChI=1S/C15H26N4O/c1-4-7-16-14-9-15(18-12(2)17-14)19-8-5-6-13(10-19)11-20-3/h9,13H,4-8,10-11H2,1-3H3,(H,16,17,18). The van der Waals surface area contributed by atoms with Crippen LogP contribution < -0.4 is 10.2 Å². The van der Waals surface area contributed by atoms with Crippen molar-refractivity contribution < 1.29 is 4.74 Å². The number of aromatic nitrogens is 2. The highest BCUT2D eigenvalue weighted by atomic mass is 16.5. The van der Waals surface area contributed by atoms with Gasteiger partial charge in [-0.1, -0.05) is 6.92 Å². The third-order valence-electron chi connectivity index (χ3n) is 3.63. The number of nitrogens with one attached hydrogen (secondary N) is 1. The molecule has 1 N–H and O–H groups in total. The van der Waals surface area contributed by atoms with Crippen molar-refractivity contribution in [3.8, 4) is 0 Å². The maximum absolute atomic E-state index is 5.29.